The number of aryl methyl sites for hydroxylation is 2. The molecule has 0 radical (unpaired) electrons. The van der Waals surface area contributed by atoms with Crippen molar-refractivity contribution in [3.63, 3.8) is 0 Å². The molecule has 0 aliphatic heterocycles. The number of hydrogen-bond donors (Lipinski definition) is 2. The fourth-order valence-corrected chi connectivity index (χ4v) is 3.05. The highest BCUT2D eigenvalue weighted by molar-refractivity contribution is 7.12. The van der Waals surface area contributed by atoms with Gasteiger partial charge in [0.05, 0.1) is 7.11 Å². The van der Waals surface area contributed by atoms with Crippen molar-refractivity contribution in [3.8, 4) is 5.75 Å². The molecule has 0 amide bonds. The van der Waals surface area contributed by atoms with Crippen LogP contribution in [0.4, 0.5) is 5.69 Å². The van der Waals surface area contributed by atoms with Gasteiger partial charge in [0.15, 0.2) is 6.04 Å². The van der Waals surface area contributed by atoms with Crippen LogP contribution >= 0.6 is 11.3 Å². The Labute approximate surface area is 122 Å². The molecule has 0 spiro atoms. The van der Waals surface area contributed by atoms with Gasteiger partial charge in [-0.2, -0.15) is 0 Å². The van der Waals surface area contributed by atoms with Gasteiger partial charge in [-0.15, -0.1) is 11.3 Å². The van der Waals surface area contributed by atoms with Crippen molar-refractivity contribution >= 4 is 23.0 Å². The van der Waals surface area contributed by atoms with Crippen LogP contribution in [0.25, 0.3) is 0 Å². The second-order valence-corrected chi connectivity index (χ2v) is 5.98. The molecular formula is C15H17NO3S. The molecule has 1 heterocycles. The lowest BCUT2D eigenvalue weighted by atomic mass is 10.1. The number of rotatable bonds is 5. The fraction of sp³-hybridized carbons (Fsp3) is 0.267. The first-order valence-corrected chi connectivity index (χ1v) is 7.03. The molecule has 2 N–H and O–H groups in total. The summed E-state index contributed by atoms with van der Waals surface area (Å²) >= 11 is 1.61. The van der Waals surface area contributed by atoms with Crippen LogP contribution in [0.15, 0.2) is 30.3 Å². The number of carboxylic acid groups (broad SMARTS) is 1. The van der Waals surface area contributed by atoms with Gasteiger partial charge in [0.25, 0.3) is 0 Å². The quantitative estimate of drug-likeness (QED) is 0.883. The molecule has 1 aromatic heterocycles. The highest BCUT2D eigenvalue weighted by atomic mass is 32.1. The maximum Gasteiger partial charge on any atom is 0.330 e. The molecule has 1 unspecified atom stereocenters. The minimum Gasteiger partial charge on any atom is -0.497 e. The van der Waals surface area contributed by atoms with Gasteiger partial charge in [-0.1, -0.05) is 6.07 Å². The minimum atomic E-state index is -0.895. The topological polar surface area (TPSA) is 58.6 Å². The summed E-state index contributed by atoms with van der Waals surface area (Å²) in [7, 11) is 1.58. The van der Waals surface area contributed by atoms with E-state index in [-0.39, 0.29) is 0 Å². The number of anilines is 1. The molecule has 0 aliphatic carbocycles. The van der Waals surface area contributed by atoms with E-state index in [2.05, 4.69) is 5.32 Å². The van der Waals surface area contributed by atoms with Crippen molar-refractivity contribution in [2.45, 2.75) is 19.9 Å². The third kappa shape index (κ3) is 3.11. The summed E-state index contributed by atoms with van der Waals surface area (Å²) < 4.78 is 5.15. The molecule has 5 heteroatoms. The lowest BCUT2D eigenvalue weighted by molar-refractivity contribution is -0.138. The van der Waals surface area contributed by atoms with E-state index >= 15 is 0 Å². The van der Waals surface area contributed by atoms with Crippen molar-refractivity contribution in [2.24, 2.45) is 0 Å². The Hall–Kier alpha value is -2.01. The van der Waals surface area contributed by atoms with Crippen LogP contribution in [-0.2, 0) is 4.79 Å². The third-order valence-electron chi connectivity index (χ3n) is 3.02. The molecule has 0 fully saturated rings. The van der Waals surface area contributed by atoms with E-state index in [0.717, 1.165) is 21.0 Å². The summed E-state index contributed by atoms with van der Waals surface area (Å²) in [6, 6.07) is 8.42. The van der Waals surface area contributed by atoms with Gasteiger partial charge >= 0.3 is 5.97 Å². The van der Waals surface area contributed by atoms with Crippen LogP contribution in [0, 0.1) is 13.8 Å². The predicted molar refractivity (Wildman–Crippen MR) is 80.8 cm³/mol. The zero-order valence-electron chi connectivity index (χ0n) is 11.6. The smallest absolute Gasteiger partial charge is 0.330 e. The van der Waals surface area contributed by atoms with Gasteiger partial charge in [0.1, 0.15) is 5.75 Å². The highest BCUT2D eigenvalue weighted by Gasteiger charge is 2.23. The molecule has 106 valence electrons. The highest BCUT2D eigenvalue weighted by Crippen LogP contribution is 2.30. The van der Waals surface area contributed by atoms with E-state index in [9.17, 15) is 9.90 Å². The molecule has 0 bridgehead atoms. The van der Waals surface area contributed by atoms with Crippen LogP contribution in [0.1, 0.15) is 21.4 Å². The number of benzene rings is 1. The van der Waals surface area contributed by atoms with Crippen molar-refractivity contribution < 1.29 is 14.6 Å². The normalized spacial score (nSPS) is 11.9. The average Bonchev–Trinajstić information content (AvgIpc) is 2.74. The summed E-state index contributed by atoms with van der Waals surface area (Å²) in [4.78, 5) is 13.7. The summed E-state index contributed by atoms with van der Waals surface area (Å²) in [6.45, 7) is 3.92. The van der Waals surface area contributed by atoms with Crippen molar-refractivity contribution in [1.29, 1.82) is 0 Å². The molecule has 0 saturated carbocycles. The molecule has 2 aromatic rings. The molecule has 1 atom stereocenters. The van der Waals surface area contributed by atoms with Gasteiger partial charge in [-0.25, -0.2) is 4.79 Å². The van der Waals surface area contributed by atoms with E-state index in [0.29, 0.717) is 5.75 Å². The number of ether oxygens (including phenoxy) is 1. The Kier molecular flexibility index (Phi) is 4.29. The number of carbonyl (C=O) groups is 1. The SMILES string of the molecule is COc1cccc(NC(C(=O)O)c2cc(C)sc2C)c1. The van der Waals surface area contributed by atoms with Crippen LogP contribution < -0.4 is 10.1 Å². The fourth-order valence-electron chi connectivity index (χ4n) is 2.09. The maximum atomic E-state index is 11.5. The molecule has 1 aromatic carbocycles. The number of thiophene rings is 1. The second-order valence-electron chi connectivity index (χ2n) is 4.52. The summed E-state index contributed by atoms with van der Waals surface area (Å²) in [5.41, 5.74) is 1.53. The first-order valence-electron chi connectivity index (χ1n) is 6.21. The summed E-state index contributed by atoms with van der Waals surface area (Å²) in [5.74, 6) is -0.203. The van der Waals surface area contributed by atoms with Crippen molar-refractivity contribution in [2.75, 3.05) is 12.4 Å². The van der Waals surface area contributed by atoms with Gasteiger partial charge in [0.2, 0.25) is 0 Å². The Morgan fingerprint density at radius 1 is 1.35 bits per heavy atom. The third-order valence-corrected chi connectivity index (χ3v) is 4.00. The van der Waals surface area contributed by atoms with E-state index in [1.807, 2.05) is 38.1 Å². The van der Waals surface area contributed by atoms with Crippen LogP contribution in [-0.4, -0.2) is 18.2 Å². The average molecular weight is 291 g/mol. The van der Waals surface area contributed by atoms with Gasteiger partial charge in [0, 0.05) is 21.5 Å². The van der Waals surface area contributed by atoms with Gasteiger partial charge in [-0.05, 0) is 37.6 Å². The first kappa shape index (κ1) is 14.4. The number of hydrogen-bond acceptors (Lipinski definition) is 4. The largest absolute Gasteiger partial charge is 0.497 e. The number of nitrogens with one attached hydrogen (secondary N) is 1. The standard InChI is InChI=1S/C15H17NO3S/c1-9-7-13(10(2)20-9)14(15(17)18)16-11-5-4-6-12(8-11)19-3/h4-8,14,16H,1-3H3,(H,17,18). The Morgan fingerprint density at radius 3 is 2.65 bits per heavy atom. The molecule has 2 rings (SSSR count). The second kappa shape index (κ2) is 5.96. The molecule has 0 aliphatic rings. The summed E-state index contributed by atoms with van der Waals surface area (Å²) in [5, 5.41) is 12.5. The zero-order chi connectivity index (χ0) is 14.7. The van der Waals surface area contributed by atoms with Crippen LogP contribution in [0.3, 0.4) is 0 Å². The number of carboxylic acids is 1. The van der Waals surface area contributed by atoms with Crippen LogP contribution in [0.2, 0.25) is 0 Å². The van der Waals surface area contributed by atoms with Gasteiger partial charge < -0.3 is 15.2 Å². The lowest BCUT2D eigenvalue weighted by Crippen LogP contribution is -2.20. The Morgan fingerprint density at radius 2 is 2.10 bits per heavy atom. The lowest BCUT2D eigenvalue weighted by Gasteiger charge is -2.16. The zero-order valence-corrected chi connectivity index (χ0v) is 12.5. The first-order chi connectivity index (χ1) is 9.51. The predicted octanol–water partition coefficient (Wildman–Crippen LogP) is 3.61. The number of aliphatic carboxylic acids is 1. The Bertz CT molecular complexity index is 621. The van der Waals surface area contributed by atoms with Crippen molar-refractivity contribution in [1.82, 2.24) is 0 Å². The van der Waals surface area contributed by atoms with E-state index in [1.54, 1.807) is 24.5 Å². The molecular weight excluding hydrogens is 274 g/mol. The minimum absolute atomic E-state index is 0.692. The summed E-state index contributed by atoms with van der Waals surface area (Å²) in [6.07, 6.45) is 0. The van der Waals surface area contributed by atoms with Crippen molar-refractivity contribution in [3.05, 3.63) is 45.6 Å². The monoisotopic (exact) mass is 291 g/mol. The van der Waals surface area contributed by atoms with E-state index in [4.69, 9.17) is 4.74 Å². The van der Waals surface area contributed by atoms with E-state index in [1.165, 1.54) is 0 Å². The molecule has 20 heavy (non-hydrogen) atoms. The number of methoxy groups -OCH3 is 1. The van der Waals surface area contributed by atoms with Gasteiger partial charge in [-0.3, -0.25) is 0 Å². The van der Waals surface area contributed by atoms with E-state index < -0.39 is 12.0 Å². The van der Waals surface area contributed by atoms with Crippen LogP contribution in [0.5, 0.6) is 5.75 Å². The Balaban J connectivity index is 2.30. The maximum absolute atomic E-state index is 11.5. The molecule has 0 saturated heterocycles. The molecule has 4 nitrogen and oxygen atoms in total.